The van der Waals surface area contributed by atoms with Gasteiger partial charge >= 0.3 is 5.97 Å². The molecule has 0 aliphatic rings. The van der Waals surface area contributed by atoms with Crippen LogP contribution in [0.25, 0.3) is 0 Å². The van der Waals surface area contributed by atoms with E-state index >= 15 is 0 Å². The number of nitrogens with zero attached hydrogens (tertiary/aromatic N) is 1. The Kier molecular flexibility index (Phi) is 4.10. The number of sulfonamides is 1. The third kappa shape index (κ3) is 3.29. The zero-order chi connectivity index (χ0) is 15.6. The molecule has 0 saturated carbocycles. The SMILES string of the molecule is Cc1ccc([C@H](C)NS(=O)(=O)c2[nH]ncc2C(=O)O)cc1. The molecule has 0 unspecified atom stereocenters. The Morgan fingerprint density at radius 3 is 2.52 bits per heavy atom. The number of nitrogens with one attached hydrogen (secondary N) is 2. The lowest BCUT2D eigenvalue weighted by molar-refractivity contribution is 0.0692. The maximum Gasteiger partial charge on any atom is 0.340 e. The first kappa shape index (κ1) is 15.2. The molecule has 0 spiro atoms. The molecular formula is C13H15N3O4S. The number of carbonyl (C=O) groups is 1. The first-order valence-corrected chi connectivity index (χ1v) is 7.65. The average Bonchev–Trinajstić information content (AvgIpc) is 2.89. The highest BCUT2D eigenvalue weighted by Crippen LogP contribution is 2.18. The molecule has 0 aliphatic heterocycles. The Morgan fingerprint density at radius 1 is 1.33 bits per heavy atom. The zero-order valence-electron chi connectivity index (χ0n) is 11.5. The minimum absolute atomic E-state index is 0.390. The second-order valence-corrected chi connectivity index (χ2v) is 6.32. The fourth-order valence-electron chi connectivity index (χ4n) is 1.85. The molecule has 7 nitrogen and oxygen atoms in total. The molecule has 1 heterocycles. The molecular weight excluding hydrogens is 294 g/mol. The van der Waals surface area contributed by atoms with E-state index in [4.69, 9.17) is 5.11 Å². The number of aromatic carboxylic acids is 1. The number of rotatable bonds is 5. The summed E-state index contributed by atoms with van der Waals surface area (Å²) in [6.07, 6.45) is 0.966. The van der Waals surface area contributed by atoms with Crippen LogP contribution in [0.15, 0.2) is 35.5 Å². The van der Waals surface area contributed by atoms with Crippen molar-refractivity contribution in [3.63, 3.8) is 0 Å². The molecule has 0 amide bonds. The van der Waals surface area contributed by atoms with Gasteiger partial charge < -0.3 is 5.11 Å². The van der Waals surface area contributed by atoms with Crippen molar-refractivity contribution in [1.82, 2.24) is 14.9 Å². The summed E-state index contributed by atoms with van der Waals surface area (Å²) >= 11 is 0. The molecule has 3 N–H and O–H groups in total. The second-order valence-electron chi connectivity index (χ2n) is 4.67. The highest BCUT2D eigenvalue weighted by atomic mass is 32.2. The van der Waals surface area contributed by atoms with Crippen molar-refractivity contribution in [2.45, 2.75) is 24.9 Å². The molecule has 0 radical (unpaired) electrons. The van der Waals surface area contributed by atoms with Gasteiger partial charge in [-0.15, -0.1) is 0 Å². The van der Waals surface area contributed by atoms with Crippen LogP contribution in [-0.4, -0.2) is 29.7 Å². The van der Waals surface area contributed by atoms with Gasteiger partial charge in [-0.2, -0.15) is 5.10 Å². The summed E-state index contributed by atoms with van der Waals surface area (Å²) in [5, 5.41) is 14.2. The molecule has 0 aliphatic carbocycles. The molecule has 1 atom stereocenters. The fourth-order valence-corrected chi connectivity index (χ4v) is 3.17. The summed E-state index contributed by atoms with van der Waals surface area (Å²) in [7, 11) is -4.00. The maximum atomic E-state index is 12.2. The van der Waals surface area contributed by atoms with E-state index in [1.54, 1.807) is 6.92 Å². The number of aromatic amines is 1. The Morgan fingerprint density at radius 2 is 1.95 bits per heavy atom. The first-order valence-electron chi connectivity index (χ1n) is 6.17. The lowest BCUT2D eigenvalue weighted by Crippen LogP contribution is -2.28. The van der Waals surface area contributed by atoms with Gasteiger partial charge in [-0.3, -0.25) is 5.10 Å². The lowest BCUT2D eigenvalue weighted by atomic mass is 10.1. The van der Waals surface area contributed by atoms with Crippen LogP contribution in [0.4, 0.5) is 0 Å². The number of carboxylic acid groups (broad SMARTS) is 1. The number of aromatic nitrogens is 2. The minimum atomic E-state index is -4.00. The number of H-pyrrole nitrogens is 1. The van der Waals surface area contributed by atoms with E-state index in [9.17, 15) is 13.2 Å². The van der Waals surface area contributed by atoms with Gasteiger partial charge in [-0.25, -0.2) is 17.9 Å². The van der Waals surface area contributed by atoms with E-state index in [1.165, 1.54) is 0 Å². The van der Waals surface area contributed by atoms with E-state index in [1.807, 2.05) is 31.2 Å². The van der Waals surface area contributed by atoms with Gasteiger partial charge in [-0.05, 0) is 19.4 Å². The molecule has 112 valence electrons. The van der Waals surface area contributed by atoms with Gasteiger partial charge in [0.2, 0.25) is 0 Å². The van der Waals surface area contributed by atoms with E-state index in [2.05, 4.69) is 14.9 Å². The van der Waals surface area contributed by atoms with E-state index in [-0.39, 0.29) is 0 Å². The Labute approximate surface area is 122 Å². The zero-order valence-corrected chi connectivity index (χ0v) is 12.3. The van der Waals surface area contributed by atoms with Gasteiger partial charge in [0.15, 0.2) is 5.03 Å². The van der Waals surface area contributed by atoms with Crippen LogP contribution in [-0.2, 0) is 10.0 Å². The molecule has 1 aromatic carbocycles. The van der Waals surface area contributed by atoms with Crippen molar-refractivity contribution < 1.29 is 18.3 Å². The molecule has 21 heavy (non-hydrogen) atoms. The van der Waals surface area contributed by atoms with Crippen LogP contribution in [0.2, 0.25) is 0 Å². The van der Waals surface area contributed by atoms with Crippen LogP contribution in [0, 0.1) is 6.92 Å². The summed E-state index contributed by atoms with van der Waals surface area (Å²) in [5.74, 6) is -1.35. The molecule has 1 aromatic heterocycles. The van der Waals surface area contributed by atoms with Crippen molar-refractivity contribution in [3.05, 3.63) is 47.2 Å². The molecule has 0 saturated heterocycles. The summed E-state index contributed by atoms with van der Waals surface area (Å²) in [5.41, 5.74) is 1.45. The fraction of sp³-hybridized carbons (Fsp3) is 0.231. The molecule has 0 fully saturated rings. The van der Waals surface area contributed by atoms with Gasteiger partial charge in [-0.1, -0.05) is 29.8 Å². The Bertz CT molecular complexity index is 750. The first-order chi connectivity index (χ1) is 9.81. The maximum absolute atomic E-state index is 12.2. The number of aryl methyl sites for hydroxylation is 1. The summed E-state index contributed by atoms with van der Waals surface area (Å²) in [4.78, 5) is 11.0. The van der Waals surface area contributed by atoms with Crippen LogP contribution in [0.1, 0.15) is 34.5 Å². The summed E-state index contributed by atoms with van der Waals surface area (Å²) < 4.78 is 26.9. The van der Waals surface area contributed by atoms with Crippen LogP contribution >= 0.6 is 0 Å². The van der Waals surface area contributed by atoms with Crippen LogP contribution in [0.3, 0.4) is 0 Å². The third-order valence-electron chi connectivity index (χ3n) is 3.01. The normalized spacial score (nSPS) is 13.0. The molecule has 2 aromatic rings. The van der Waals surface area contributed by atoms with Crippen molar-refractivity contribution in [2.75, 3.05) is 0 Å². The topological polar surface area (TPSA) is 112 Å². The largest absolute Gasteiger partial charge is 0.478 e. The predicted molar refractivity (Wildman–Crippen MR) is 75.5 cm³/mol. The summed E-state index contributed by atoms with van der Waals surface area (Å²) in [6, 6.07) is 6.87. The number of carboxylic acids is 1. The van der Waals surface area contributed by atoms with Crippen molar-refractivity contribution >= 4 is 16.0 Å². The Balaban J connectivity index is 2.27. The molecule has 8 heteroatoms. The number of benzene rings is 1. The quantitative estimate of drug-likeness (QED) is 0.774. The van der Waals surface area contributed by atoms with Crippen molar-refractivity contribution in [1.29, 1.82) is 0 Å². The lowest BCUT2D eigenvalue weighted by Gasteiger charge is -2.14. The van der Waals surface area contributed by atoms with Gasteiger partial charge in [0.1, 0.15) is 5.56 Å². The van der Waals surface area contributed by atoms with Gasteiger partial charge in [0.05, 0.1) is 6.20 Å². The number of hydrogen-bond acceptors (Lipinski definition) is 4. The van der Waals surface area contributed by atoms with Gasteiger partial charge in [0, 0.05) is 6.04 Å². The van der Waals surface area contributed by atoms with E-state index < -0.39 is 32.6 Å². The molecule has 2 rings (SSSR count). The molecule has 0 bridgehead atoms. The van der Waals surface area contributed by atoms with E-state index in [0.717, 1.165) is 17.3 Å². The van der Waals surface area contributed by atoms with Crippen LogP contribution < -0.4 is 4.72 Å². The highest BCUT2D eigenvalue weighted by Gasteiger charge is 2.26. The summed E-state index contributed by atoms with van der Waals surface area (Å²) in [6.45, 7) is 3.61. The standard InChI is InChI=1S/C13H15N3O4S/c1-8-3-5-10(6-4-8)9(2)16-21(19,20)12-11(13(17)18)7-14-15-12/h3-7,9,16H,1-2H3,(H,14,15)(H,17,18)/t9-/m0/s1. The Hall–Kier alpha value is -2.19. The predicted octanol–water partition coefficient (Wildman–Crippen LogP) is 1.46. The number of hydrogen-bond donors (Lipinski definition) is 3. The second kappa shape index (κ2) is 5.66. The van der Waals surface area contributed by atoms with E-state index in [0.29, 0.717) is 0 Å². The van der Waals surface area contributed by atoms with Crippen LogP contribution in [0.5, 0.6) is 0 Å². The minimum Gasteiger partial charge on any atom is -0.478 e. The average molecular weight is 309 g/mol. The van der Waals surface area contributed by atoms with Crippen molar-refractivity contribution in [3.8, 4) is 0 Å². The van der Waals surface area contributed by atoms with Crippen molar-refractivity contribution in [2.24, 2.45) is 0 Å². The highest BCUT2D eigenvalue weighted by molar-refractivity contribution is 7.89. The van der Waals surface area contributed by atoms with Gasteiger partial charge in [0.25, 0.3) is 10.0 Å². The third-order valence-corrected chi connectivity index (χ3v) is 4.53. The monoisotopic (exact) mass is 309 g/mol. The smallest absolute Gasteiger partial charge is 0.340 e.